The van der Waals surface area contributed by atoms with Crippen molar-refractivity contribution in [3.8, 4) is 35.2 Å². The Morgan fingerprint density at radius 3 is 2.96 bits per heavy atom. The van der Waals surface area contributed by atoms with Crippen molar-refractivity contribution in [1.82, 2.24) is 15.0 Å². The highest BCUT2D eigenvalue weighted by molar-refractivity contribution is 5.80. The second-order valence-electron chi connectivity index (χ2n) is 4.99. The van der Waals surface area contributed by atoms with E-state index in [2.05, 4.69) is 25.6 Å². The average Bonchev–Trinajstić information content (AvgIpc) is 3.08. The molecule has 1 aromatic carbocycles. The quantitative estimate of drug-likeness (QED) is 0.548. The Labute approximate surface area is 144 Å². The molecule has 2 heterocycles. The fourth-order valence-corrected chi connectivity index (χ4v) is 2.21. The Balaban J connectivity index is 1.94. The van der Waals surface area contributed by atoms with E-state index in [4.69, 9.17) is 15.9 Å². The number of rotatable bonds is 6. The Hall–Kier alpha value is -3.53. The summed E-state index contributed by atoms with van der Waals surface area (Å²) in [6.45, 7) is -0.101. The fourth-order valence-electron chi connectivity index (χ4n) is 2.21. The Bertz CT molecular complexity index is 910. The van der Waals surface area contributed by atoms with Gasteiger partial charge in [-0.2, -0.15) is 0 Å². The first kappa shape index (κ1) is 16.3. The Morgan fingerprint density at radius 1 is 1.32 bits per heavy atom. The van der Waals surface area contributed by atoms with Gasteiger partial charge in [0, 0.05) is 12.3 Å². The lowest BCUT2D eigenvalue weighted by molar-refractivity contribution is -0.142. The van der Waals surface area contributed by atoms with Crippen LogP contribution in [0.15, 0.2) is 36.7 Å². The number of terminal acetylenes is 1. The molecule has 0 amide bonds. The maximum absolute atomic E-state index is 11.2. The van der Waals surface area contributed by atoms with Crippen molar-refractivity contribution in [1.29, 1.82) is 0 Å². The van der Waals surface area contributed by atoms with E-state index in [9.17, 15) is 4.79 Å². The fraction of sp³-hybridized carbons (Fsp3) is 0.167. The molecule has 0 atom stereocenters. The zero-order valence-electron chi connectivity index (χ0n) is 13.5. The van der Waals surface area contributed by atoms with E-state index in [0.29, 0.717) is 17.3 Å². The highest BCUT2D eigenvalue weighted by Crippen LogP contribution is 2.33. The number of ether oxygens (including phenoxy) is 3. The molecule has 0 fully saturated rings. The number of hydrogen-bond acceptors (Lipinski definition) is 6. The van der Waals surface area contributed by atoms with Crippen LogP contribution in [0.4, 0.5) is 0 Å². The van der Waals surface area contributed by atoms with Crippen LogP contribution in [0.25, 0.3) is 22.4 Å². The largest absolute Gasteiger partial charge is 0.482 e. The zero-order chi connectivity index (χ0) is 17.6. The molecule has 0 saturated heterocycles. The second kappa shape index (κ2) is 7.36. The van der Waals surface area contributed by atoms with Gasteiger partial charge in [-0.15, -0.1) is 6.42 Å². The molecule has 126 valence electrons. The van der Waals surface area contributed by atoms with Gasteiger partial charge < -0.3 is 19.2 Å². The lowest BCUT2D eigenvalue weighted by Gasteiger charge is -2.11. The number of nitrogens with one attached hydrogen (secondary N) is 1. The zero-order valence-corrected chi connectivity index (χ0v) is 13.5. The van der Waals surface area contributed by atoms with Crippen molar-refractivity contribution < 1.29 is 19.0 Å². The molecule has 0 aliphatic heterocycles. The number of aromatic nitrogens is 3. The normalized spacial score (nSPS) is 10.2. The van der Waals surface area contributed by atoms with E-state index in [1.807, 2.05) is 6.07 Å². The third-order valence-corrected chi connectivity index (χ3v) is 3.39. The topological polar surface area (TPSA) is 86.3 Å². The van der Waals surface area contributed by atoms with Gasteiger partial charge in [0.15, 0.2) is 6.61 Å². The minimum Gasteiger partial charge on any atom is -0.482 e. The molecule has 1 N–H and O–H groups in total. The molecule has 0 unspecified atom stereocenters. The van der Waals surface area contributed by atoms with E-state index in [1.165, 1.54) is 7.11 Å². The van der Waals surface area contributed by atoms with Crippen LogP contribution < -0.4 is 9.47 Å². The number of imidazole rings is 1. The van der Waals surface area contributed by atoms with Gasteiger partial charge in [-0.05, 0) is 18.2 Å². The summed E-state index contributed by atoms with van der Waals surface area (Å²) in [4.78, 5) is 23.0. The summed E-state index contributed by atoms with van der Waals surface area (Å²) in [6, 6.07) is 6.96. The number of pyridine rings is 1. The van der Waals surface area contributed by atoms with Crippen LogP contribution in [0.1, 0.15) is 0 Å². The van der Waals surface area contributed by atoms with Crippen LogP contribution in [0.3, 0.4) is 0 Å². The van der Waals surface area contributed by atoms with Crippen molar-refractivity contribution >= 4 is 17.0 Å². The molecular formula is C18H15N3O4. The number of aromatic amines is 1. The second-order valence-corrected chi connectivity index (χ2v) is 4.99. The highest BCUT2D eigenvalue weighted by Gasteiger charge is 2.13. The minimum absolute atomic E-state index is 0.0925. The third-order valence-electron chi connectivity index (χ3n) is 3.39. The molecule has 0 spiro atoms. The van der Waals surface area contributed by atoms with Crippen LogP contribution in [0.5, 0.6) is 11.5 Å². The first-order valence-electron chi connectivity index (χ1n) is 7.41. The van der Waals surface area contributed by atoms with Gasteiger partial charge in [0.25, 0.3) is 0 Å². The Kier molecular flexibility index (Phi) is 4.81. The molecule has 0 aliphatic carbocycles. The molecule has 3 aromatic rings. The van der Waals surface area contributed by atoms with Gasteiger partial charge >= 0.3 is 5.97 Å². The van der Waals surface area contributed by atoms with E-state index < -0.39 is 5.97 Å². The third kappa shape index (κ3) is 3.70. The van der Waals surface area contributed by atoms with Gasteiger partial charge in [-0.3, -0.25) is 4.98 Å². The summed E-state index contributed by atoms with van der Waals surface area (Å²) >= 11 is 0. The summed E-state index contributed by atoms with van der Waals surface area (Å²) < 4.78 is 15.5. The first-order valence-corrected chi connectivity index (χ1v) is 7.41. The molecule has 3 rings (SSSR count). The molecular weight excluding hydrogens is 322 g/mol. The van der Waals surface area contributed by atoms with E-state index in [-0.39, 0.29) is 13.2 Å². The lowest BCUT2D eigenvalue weighted by atomic mass is 10.2. The molecule has 0 bridgehead atoms. The van der Waals surface area contributed by atoms with Crippen molar-refractivity contribution in [3.63, 3.8) is 0 Å². The molecule has 25 heavy (non-hydrogen) atoms. The van der Waals surface area contributed by atoms with Crippen LogP contribution in [0, 0.1) is 12.3 Å². The number of nitrogens with zero attached hydrogens (tertiary/aromatic N) is 2. The number of carbonyl (C=O) groups is 1. The molecule has 0 radical (unpaired) electrons. The summed E-state index contributed by atoms with van der Waals surface area (Å²) in [6.07, 6.45) is 8.65. The summed E-state index contributed by atoms with van der Waals surface area (Å²) in [5.74, 6) is 3.52. The maximum atomic E-state index is 11.2. The van der Waals surface area contributed by atoms with E-state index in [1.54, 1.807) is 30.6 Å². The number of H-pyrrole nitrogens is 1. The molecule has 0 aliphatic rings. The molecule has 7 heteroatoms. The van der Waals surface area contributed by atoms with E-state index in [0.717, 1.165) is 16.6 Å². The van der Waals surface area contributed by atoms with Crippen LogP contribution in [0.2, 0.25) is 0 Å². The number of methoxy groups -OCH3 is 1. The van der Waals surface area contributed by atoms with Gasteiger partial charge in [0.1, 0.15) is 23.9 Å². The predicted molar refractivity (Wildman–Crippen MR) is 91.2 cm³/mol. The van der Waals surface area contributed by atoms with Crippen LogP contribution in [-0.2, 0) is 9.53 Å². The number of benzene rings is 1. The smallest absolute Gasteiger partial charge is 0.343 e. The van der Waals surface area contributed by atoms with E-state index >= 15 is 0 Å². The SMILES string of the molecule is C#CCOc1cc(OCC(=O)OC)ccc1-c1nc2ccncc2[nH]1. The van der Waals surface area contributed by atoms with Crippen molar-refractivity contribution in [3.05, 3.63) is 36.7 Å². The first-order chi connectivity index (χ1) is 12.2. The van der Waals surface area contributed by atoms with Crippen molar-refractivity contribution in [2.75, 3.05) is 20.3 Å². The van der Waals surface area contributed by atoms with Crippen molar-refractivity contribution in [2.24, 2.45) is 0 Å². The monoisotopic (exact) mass is 337 g/mol. The lowest BCUT2D eigenvalue weighted by Crippen LogP contribution is -2.12. The van der Waals surface area contributed by atoms with Crippen LogP contribution in [-0.4, -0.2) is 41.2 Å². The van der Waals surface area contributed by atoms with Gasteiger partial charge in [0.05, 0.1) is 29.9 Å². The summed E-state index contributed by atoms with van der Waals surface area (Å²) in [5.41, 5.74) is 2.32. The van der Waals surface area contributed by atoms with Crippen LogP contribution >= 0.6 is 0 Å². The van der Waals surface area contributed by atoms with Gasteiger partial charge in [-0.25, -0.2) is 9.78 Å². The number of fused-ring (bicyclic) bond motifs is 1. The predicted octanol–water partition coefficient (Wildman–Crippen LogP) is 2.19. The van der Waals surface area contributed by atoms with Crippen molar-refractivity contribution in [2.45, 2.75) is 0 Å². The summed E-state index contributed by atoms with van der Waals surface area (Å²) in [7, 11) is 1.30. The minimum atomic E-state index is -0.472. The number of hydrogen-bond donors (Lipinski definition) is 1. The molecule has 7 nitrogen and oxygen atoms in total. The van der Waals surface area contributed by atoms with Gasteiger partial charge in [-0.1, -0.05) is 5.92 Å². The maximum Gasteiger partial charge on any atom is 0.343 e. The molecule has 0 saturated carbocycles. The molecule has 2 aromatic heterocycles. The Morgan fingerprint density at radius 2 is 2.20 bits per heavy atom. The number of esters is 1. The standard InChI is InChI=1S/C18H15N3O4/c1-3-8-24-16-9-12(25-11-17(22)23-2)4-5-13(16)18-20-14-6-7-19-10-15(14)21-18/h1,4-7,9-10H,8,11H2,2H3,(H,20,21). The average molecular weight is 337 g/mol. The summed E-state index contributed by atoms with van der Waals surface area (Å²) in [5, 5.41) is 0. The highest BCUT2D eigenvalue weighted by atomic mass is 16.6. The number of carbonyl (C=O) groups excluding carboxylic acids is 1. The van der Waals surface area contributed by atoms with Gasteiger partial charge in [0.2, 0.25) is 0 Å².